The Morgan fingerprint density at radius 2 is 1.83 bits per heavy atom. The van der Waals surface area contributed by atoms with E-state index in [0.29, 0.717) is 37.9 Å². The fourth-order valence-corrected chi connectivity index (χ4v) is 5.22. The first kappa shape index (κ1) is 24.9. The van der Waals surface area contributed by atoms with Crippen molar-refractivity contribution in [2.45, 2.75) is 44.6 Å². The van der Waals surface area contributed by atoms with Gasteiger partial charge >= 0.3 is 0 Å². The largest absolute Gasteiger partial charge is 0.350 e. The molecule has 0 fully saturated rings. The van der Waals surface area contributed by atoms with Crippen LogP contribution in [0.1, 0.15) is 40.9 Å². The van der Waals surface area contributed by atoms with Crippen LogP contribution in [0, 0.1) is 19.7 Å². The normalized spacial score (nSPS) is 11.3. The maximum Gasteiger partial charge on any atom is 0.266 e. The van der Waals surface area contributed by atoms with Crippen LogP contribution in [0.2, 0.25) is 5.02 Å². The Kier molecular flexibility index (Phi) is 7.28. The highest BCUT2D eigenvalue weighted by Gasteiger charge is 2.18. The number of thioether (sulfide) groups is 1. The van der Waals surface area contributed by atoms with Crippen LogP contribution in [0.25, 0.3) is 16.6 Å². The van der Waals surface area contributed by atoms with E-state index in [4.69, 9.17) is 16.6 Å². The first-order valence-corrected chi connectivity index (χ1v) is 12.5. The summed E-state index contributed by atoms with van der Waals surface area (Å²) in [6, 6.07) is 15.2. The summed E-state index contributed by atoms with van der Waals surface area (Å²) >= 11 is 7.45. The third kappa shape index (κ3) is 5.41. The third-order valence-electron chi connectivity index (χ3n) is 5.39. The molecule has 3 aromatic carbocycles. The Balaban J connectivity index is 1.88. The molecule has 4 rings (SSSR count). The van der Waals surface area contributed by atoms with Gasteiger partial charge in [-0.1, -0.05) is 35.5 Å². The zero-order chi connectivity index (χ0) is 25.3. The number of fused-ring (bicyclic) bond motifs is 1. The summed E-state index contributed by atoms with van der Waals surface area (Å²) in [7, 11) is 0. The molecule has 0 aliphatic carbocycles. The van der Waals surface area contributed by atoms with Crippen molar-refractivity contribution < 1.29 is 9.18 Å². The summed E-state index contributed by atoms with van der Waals surface area (Å²) in [6.07, 6.45) is 0. The molecule has 0 saturated heterocycles. The average Bonchev–Trinajstić information content (AvgIpc) is 2.77. The monoisotopic (exact) mass is 509 g/mol. The molecule has 0 unspecified atom stereocenters. The number of halogens is 2. The Hall–Kier alpha value is -3.16. The Bertz CT molecular complexity index is 1460. The van der Waals surface area contributed by atoms with E-state index in [2.05, 4.69) is 5.32 Å². The van der Waals surface area contributed by atoms with E-state index in [1.807, 2.05) is 45.9 Å². The SMILES string of the molecule is Cc1cc(C)cc(-n2c(SCc3c(F)cccc3Cl)nc3cc(C(=O)NC(C)C)ccc3c2=O)c1. The lowest BCUT2D eigenvalue weighted by molar-refractivity contribution is 0.0943. The highest BCUT2D eigenvalue weighted by molar-refractivity contribution is 7.98. The predicted octanol–water partition coefficient (Wildman–Crippen LogP) is 6.23. The minimum atomic E-state index is -0.418. The minimum absolute atomic E-state index is 0.0275. The average molecular weight is 510 g/mol. The molecule has 4 aromatic rings. The van der Waals surface area contributed by atoms with Crippen LogP contribution in [-0.4, -0.2) is 21.5 Å². The summed E-state index contributed by atoms with van der Waals surface area (Å²) in [5, 5.41) is 3.93. The van der Waals surface area contributed by atoms with Gasteiger partial charge in [-0.3, -0.25) is 14.2 Å². The number of rotatable bonds is 6. The summed E-state index contributed by atoms with van der Waals surface area (Å²) in [5.41, 5.74) is 3.56. The molecular formula is C27H25ClFN3O2S. The van der Waals surface area contributed by atoms with E-state index < -0.39 is 5.82 Å². The number of aromatic nitrogens is 2. The highest BCUT2D eigenvalue weighted by Crippen LogP contribution is 2.30. The number of benzene rings is 3. The van der Waals surface area contributed by atoms with Gasteiger partial charge in [-0.2, -0.15) is 0 Å². The quantitative estimate of drug-likeness (QED) is 0.247. The molecule has 1 amide bonds. The van der Waals surface area contributed by atoms with Crippen LogP contribution < -0.4 is 10.9 Å². The smallest absolute Gasteiger partial charge is 0.266 e. The summed E-state index contributed by atoms with van der Waals surface area (Å²) in [5.74, 6) is -0.477. The van der Waals surface area contributed by atoms with Gasteiger partial charge in [-0.15, -0.1) is 0 Å². The number of nitrogens with one attached hydrogen (secondary N) is 1. The van der Waals surface area contributed by atoms with Crippen molar-refractivity contribution in [3.05, 3.63) is 98.0 Å². The molecule has 180 valence electrons. The van der Waals surface area contributed by atoms with Crippen molar-refractivity contribution >= 4 is 40.2 Å². The lowest BCUT2D eigenvalue weighted by Gasteiger charge is -2.15. The molecule has 1 heterocycles. The fourth-order valence-electron chi connectivity index (χ4n) is 3.86. The molecule has 8 heteroatoms. The molecule has 0 aliphatic rings. The predicted molar refractivity (Wildman–Crippen MR) is 140 cm³/mol. The van der Waals surface area contributed by atoms with Crippen molar-refractivity contribution in [3.63, 3.8) is 0 Å². The van der Waals surface area contributed by atoms with E-state index in [1.54, 1.807) is 30.3 Å². The molecule has 1 aromatic heterocycles. The summed E-state index contributed by atoms with van der Waals surface area (Å²) < 4.78 is 16.0. The Morgan fingerprint density at radius 1 is 1.11 bits per heavy atom. The van der Waals surface area contributed by atoms with Gasteiger partial charge in [0.1, 0.15) is 5.82 Å². The van der Waals surface area contributed by atoms with Crippen molar-refractivity contribution in [2.75, 3.05) is 0 Å². The molecule has 0 radical (unpaired) electrons. The second-order valence-corrected chi connectivity index (χ2v) is 10.1. The van der Waals surface area contributed by atoms with Crippen LogP contribution in [-0.2, 0) is 5.75 Å². The minimum Gasteiger partial charge on any atom is -0.350 e. The van der Waals surface area contributed by atoms with Gasteiger partial charge in [0.05, 0.1) is 16.6 Å². The topological polar surface area (TPSA) is 64.0 Å². The summed E-state index contributed by atoms with van der Waals surface area (Å²) in [4.78, 5) is 31.0. The zero-order valence-electron chi connectivity index (χ0n) is 19.9. The second-order valence-electron chi connectivity index (χ2n) is 8.73. The van der Waals surface area contributed by atoms with Crippen LogP contribution in [0.4, 0.5) is 4.39 Å². The van der Waals surface area contributed by atoms with Crippen molar-refractivity contribution in [3.8, 4) is 5.69 Å². The van der Waals surface area contributed by atoms with Gasteiger partial charge < -0.3 is 5.32 Å². The molecule has 0 bridgehead atoms. The van der Waals surface area contributed by atoms with Gasteiger partial charge in [0.2, 0.25) is 0 Å². The molecule has 0 aliphatic heterocycles. The van der Waals surface area contributed by atoms with E-state index in [0.717, 1.165) is 11.1 Å². The lowest BCUT2D eigenvalue weighted by Crippen LogP contribution is -2.30. The standard InChI is InChI=1S/C27H25ClFN3O2S/c1-15(2)30-25(33)18-8-9-20-24(13-18)31-27(35-14-21-22(28)6-5-7-23(21)29)32(26(20)34)19-11-16(3)10-17(4)12-19/h5-13,15H,14H2,1-4H3,(H,30,33). The van der Waals surface area contributed by atoms with E-state index in [9.17, 15) is 14.0 Å². The number of carbonyl (C=O) groups excluding carboxylic acids is 1. The van der Waals surface area contributed by atoms with Gasteiger partial charge in [-0.25, -0.2) is 9.37 Å². The molecule has 1 N–H and O–H groups in total. The lowest BCUT2D eigenvalue weighted by atomic mass is 10.1. The molecule has 0 saturated carbocycles. The van der Waals surface area contributed by atoms with Gasteiger partial charge in [0.25, 0.3) is 11.5 Å². The number of nitrogens with zero attached hydrogens (tertiary/aromatic N) is 2. The van der Waals surface area contributed by atoms with Crippen molar-refractivity contribution in [1.82, 2.24) is 14.9 Å². The maximum atomic E-state index is 14.4. The Morgan fingerprint density at radius 3 is 2.49 bits per heavy atom. The first-order valence-electron chi connectivity index (χ1n) is 11.2. The molecule has 0 atom stereocenters. The number of carbonyl (C=O) groups is 1. The second kappa shape index (κ2) is 10.2. The molecule has 0 spiro atoms. The first-order chi connectivity index (χ1) is 16.6. The van der Waals surface area contributed by atoms with E-state index >= 15 is 0 Å². The third-order valence-corrected chi connectivity index (χ3v) is 6.71. The maximum absolute atomic E-state index is 14.4. The van der Waals surface area contributed by atoms with Gasteiger partial charge in [0, 0.05) is 27.9 Å². The van der Waals surface area contributed by atoms with Crippen molar-refractivity contribution in [2.24, 2.45) is 0 Å². The number of aryl methyl sites for hydroxylation is 2. The van der Waals surface area contributed by atoms with Gasteiger partial charge in [0.15, 0.2) is 5.16 Å². The molecular weight excluding hydrogens is 485 g/mol. The van der Waals surface area contributed by atoms with Gasteiger partial charge in [-0.05, 0) is 81.3 Å². The number of hydrogen-bond acceptors (Lipinski definition) is 4. The molecule has 5 nitrogen and oxygen atoms in total. The summed E-state index contributed by atoms with van der Waals surface area (Å²) in [6.45, 7) is 7.67. The van der Waals surface area contributed by atoms with Crippen LogP contribution in [0.15, 0.2) is 64.5 Å². The van der Waals surface area contributed by atoms with Crippen LogP contribution >= 0.6 is 23.4 Å². The van der Waals surface area contributed by atoms with Crippen LogP contribution in [0.5, 0.6) is 0 Å². The Labute approximate surface area is 212 Å². The molecule has 35 heavy (non-hydrogen) atoms. The van der Waals surface area contributed by atoms with Crippen LogP contribution in [0.3, 0.4) is 0 Å². The van der Waals surface area contributed by atoms with Crippen molar-refractivity contribution in [1.29, 1.82) is 0 Å². The number of amides is 1. The zero-order valence-corrected chi connectivity index (χ0v) is 21.4. The van der Waals surface area contributed by atoms with E-state index in [-0.39, 0.29) is 23.3 Å². The van der Waals surface area contributed by atoms with E-state index in [1.165, 1.54) is 22.4 Å². The fraction of sp³-hybridized carbons (Fsp3) is 0.222. The number of hydrogen-bond donors (Lipinski definition) is 1. The highest BCUT2D eigenvalue weighted by atomic mass is 35.5.